The number of anilines is 2. The molecular weight excluding hydrogens is 358 g/mol. The molecule has 0 unspecified atom stereocenters. The Morgan fingerprint density at radius 3 is 2.86 bits per heavy atom. The van der Waals surface area contributed by atoms with Crippen LogP contribution in [0.15, 0.2) is 30.7 Å². The Labute approximate surface area is 162 Å². The van der Waals surface area contributed by atoms with Gasteiger partial charge in [-0.05, 0) is 30.5 Å². The van der Waals surface area contributed by atoms with Gasteiger partial charge in [-0.15, -0.1) is 0 Å². The minimum atomic E-state index is -0.201. The molecule has 2 aromatic heterocycles. The van der Waals surface area contributed by atoms with Gasteiger partial charge < -0.3 is 10.6 Å². The second kappa shape index (κ2) is 7.78. The van der Waals surface area contributed by atoms with Crippen molar-refractivity contribution in [1.29, 1.82) is 5.26 Å². The van der Waals surface area contributed by atoms with Gasteiger partial charge in [0.25, 0.3) is 0 Å². The zero-order chi connectivity index (χ0) is 19.5. The van der Waals surface area contributed by atoms with Crippen LogP contribution >= 0.6 is 0 Å². The number of aromatic nitrogens is 3. The fourth-order valence-corrected chi connectivity index (χ4v) is 3.77. The highest BCUT2D eigenvalue weighted by molar-refractivity contribution is 5.79. The molecule has 4 rings (SSSR count). The summed E-state index contributed by atoms with van der Waals surface area (Å²) in [6, 6.07) is 5.49. The first-order valence-corrected chi connectivity index (χ1v) is 9.30. The highest BCUT2D eigenvalue weighted by Gasteiger charge is 2.37. The number of hydrogen-bond donors (Lipinski definition) is 1. The zero-order valence-corrected chi connectivity index (χ0v) is 15.4. The molecule has 144 valence electrons. The Morgan fingerprint density at radius 1 is 1.29 bits per heavy atom. The van der Waals surface area contributed by atoms with E-state index in [2.05, 4.69) is 25.9 Å². The van der Waals surface area contributed by atoms with Crippen LogP contribution in [0.1, 0.15) is 36.4 Å². The Hall–Kier alpha value is -3.25. The summed E-state index contributed by atoms with van der Waals surface area (Å²) in [5.74, 6) is 0.917. The smallest absolute Gasteiger partial charge is 0.249 e. The van der Waals surface area contributed by atoms with E-state index in [1.807, 2.05) is 6.07 Å². The van der Waals surface area contributed by atoms with Gasteiger partial charge in [-0.1, -0.05) is 0 Å². The number of hydrogen-bond acceptors (Lipinski definition) is 8. The summed E-state index contributed by atoms with van der Waals surface area (Å²) in [6.07, 6.45) is 6.98. The van der Waals surface area contributed by atoms with E-state index in [1.54, 1.807) is 18.5 Å². The van der Waals surface area contributed by atoms with Crippen molar-refractivity contribution in [1.82, 2.24) is 20.0 Å². The van der Waals surface area contributed by atoms with Crippen LogP contribution in [0.3, 0.4) is 0 Å². The first-order valence-electron chi connectivity index (χ1n) is 9.30. The van der Waals surface area contributed by atoms with E-state index in [1.165, 1.54) is 11.3 Å². The van der Waals surface area contributed by atoms with E-state index in [4.69, 9.17) is 15.8 Å². The van der Waals surface area contributed by atoms with Gasteiger partial charge in [0, 0.05) is 44.0 Å². The number of nitrogen functional groups attached to an aromatic ring is 1. The van der Waals surface area contributed by atoms with Crippen LogP contribution in [0.4, 0.5) is 11.8 Å². The summed E-state index contributed by atoms with van der Waals surface area (Å²) in [6.45, 7) is 1.92. The third kappa shape index (κ3) is 3.59. The lowest BCUT2D eigenvalue weighted by Crippen LogP contribution is -2.42. The number of amides is 1. The van der Waals surface area contributed by atoms with Crippen molar-refractivity contribution < 1.29 is 9.63 Å². The largest absolute Gasteiger partial charge is 0.368 e. The number of hydroxylamine groups is 2. The van der Waals surface area contributed by atoms with Gasteiger partial charge in [0.1, 0.15) is 11.9 Å². The third-order valence-electron chi connectivity index (χ3n) is 5.22. The molecule has 2 aliphatic heterocycles. The molecule has 0 bridgehead atoms. The fraction of sp³-hybridized carbons (Fsp3) is 0.421. The number of carbonyl (C=O) groups excluding carboxylic acids is 1. The molecule has 2 aliphatic rings. The summed E-state index contributed by atoms with van der Waals surface area (Å²) in [5, 5.41) is 10.6. The van der Waals surface area contributed by atoms with E-state index in [-0.39, 0.29) is 23.8 Å². The Kier molecular flexibility index (Phi) is 5.04. The Balaban J connectivity index is 1.42. The molecule has 2 saturated heterocycles. The van der Waals surface area contributed by atoms with Crippen molar-refractivity contribution in [2.45, 2.75) is 25.3 Å². The van der Waals surface area contributed by atoms with E-state index in [9.17, 15) is 4.79 Å². The first kappa shape index (κ1) is 18.1. The Bertz CT molecular complexity index is 905. The van der Waals surface area contributed by atoms with Gasteiger partial charge in [-0.25, -0.2) is 10.0 Å². The monoisotopic (exact) mass is 379 g/mol. The van der Waals surface area contributed by atoms with E-state index < -0.39 is 0 Å². The minimum absolute atomic E-state index is 0.00767. The van der Waals surface area contributed by atoms with Crippen LogP contribution in [0.2, 0.25) is 0 Å². The molecule has 2 aromatic rings. The molecule has 0 saturated carbocycles. The van der Waals surface area contributed by atoms with Crippen molar-refractivity contribution in [3.8, 4) is 6.07 Å². The van der Waals surface area contributed by atoms with Crippen molar-refractivity contribution >= 4 is 17.7 Å². The molecule has 0 aromatic carbocycles. The maximum atomic E-state index is 13.1. The standard InChI is InChI=1S/C19H21N7O2/c20-10-13-9-15(12-22-11-13)16-4-8-28-26(16)18(27)14-2-6-25(7-3-14)17-1-5-23-19(21)24-17/h1,5,9,11-12,14,16H,2-4,6-8H2,(H2,21,23,24)/t16-/m0/s1. The van der Waals surface area contributed by atoms with Crippen LogP contribution in [-0.2, 0) is 9.63 Å². The van der Waals surface area contributed by atoms with Gasteiger partial charge in [-0.3, -0.25) is 14.6 Å². The SMILES string of the molecule is N#Cc1cncc([C@@H]2CCON2C(=O)C2CCN(c3ccnc(N)n3)CC2)c1. The maximum Gasteiger partial charge on any atom is 0.249 e. The van der Waals surface area contributed by atoms with Crippen LogP contribution in [0.5, 0.6) is 0 Å². The summed E-state index contributed by atoms with van der Waals surface area (Å²) in [4.78, 5) is 33.1. The van der Waals surface area contributed by atoms with Crippen LogP contribution in [0.25, 0.3) is 0 Å². The molecule has 2 N–H and O–H groups in total. The highest BCUT2D eigenvalue weighted by Crippen LogP contribution is 2.33. The number of nitrogens with zero attached hydrogens (tertiary/aromatic N) is 6. The average Bonchev–Trinajstić information content (AvgIpc) is 3.23. The molecule has 0 spiro atoms. The number of pyridine rings is 1. The molecule has 1 amide bonds. The molecule has 2 fully saturated rings. The molecule has 1 atom stereocenters. The van der Waals surface area contributed by atoms with Crippen molar-refractivity contribution in [2.24, 2.45) is 5.92 Å². The van der Waals surface area contributed by atoms with Crippen LogP contribution in [-0.4, -0.2) is 45.6 Å². The lowest BCUT2D eigenvalue weighted by atomic mass is 9.94. The minimum Gasteiger partial charge on any atom is -0.368 e. The lowest BCUT2D eigenvalue weighted by molar-refractivity contribution is -0.182. The quantitative estimate of drug-likeness (QED) is 0.850. The molecule has 28 heavy (non-hydrogen) atoms. The molecule has 0 aliphatic carbocycles. The number of rotatable bonds is 3. The zero-order valence-electron chi connectivity index (χ0n) is 15.4. The molecule has 0 radical (unpaired) electrons. The molecule has 9 nitrogen and oxygen atoms in total. The van der Waals surface area contributed by atoms with Gasteiger partial charge >= 0.3 is 0 Å². The van der Waals surface area contributed by atoms with E-state index in [0.29, 0.717) is 31.4 Å². The second-order valence-electron chi connectivity index (χ2n) is 6.95. The maximum absolute atomic E-state index is 13.1. The molecule has 4 heterocycles. The first-order chi connectivity index (χ1) is 13.7. The number of piperidine rings is 1. The molecular formula is C19H21N7O2. The van der Waals surface area contributed by atoms with Crippen LogP contribution < -0.4 is 10.6 Å². The van der Waals surface area contributed by atoms with Crippen molar-refractivity contribution in [2.75, 3.05) is 30.3 Å². The van der Waals surface area contributed by atoms with Gasteiger partial charge in [0.2, 0.25) is 11.9 Å². The van der Waals surface area contributed by atoms with Gasteiger partial charge in [-0.2, -0.15) is 10.2 Å². The summed E-state index contributed by atoms with van der Waals surface area (Å²) < 4.78 is 0. The third-order valence-corrected chi connectivity index (χ3v) is 5.22. The van der Waals surface area contributed by atoms with Crippen LogP contribution in [0, 0.1) is 17.2 Å². The topological polar surface area (TPSA) is 121 Å². The lowest BCUT2D eigenvalue weighted by Gasteiger charge is -2.34. The van der Waals surface area contributed by atoms with E-state index in [0.717, 1.165) is 24.5 Å². The normalized spacial score (nSPS) is 20.2. The Morgan fingerprint density at radius 2 is 2.11 bits per heavy atom. The number of nitriles is 1. The summed E-state index contributed by atoms with van der Waals surface area (Å²) >= 11 is 0. The summed E-state index contributed by atoms with van der Waals surface area (Å²) in [7, 11) is 0. The predicted molar refractivity (Wildman–Crippen MR) is 100 cm³/mol. The van der Waals surface area contributed by atoms with E-state index >= 15 is 0 Å². The van der Waals surface area contributed by atoms with Gasteiger partial charge in [0.15, 0.2) is 0 Å². The summed E-state index contributed by atoms with van der Waals surface area (Å²) in [5.41, 5.74) is 6.98. The number of nitrogens with two attached hydrogens (primary N) is 1. The molecule has 9 heteroatoms. The fourth-order valence-electron chi connectivity index (χ4n) is 3.77. The second-order valence-corrected chi connectivity index (χ2v) is 6.95. The number of carbonyl (C=O) groups is 1. The average molecular weight is 379 g/mol. The predicted octanol–water partition coefficient (Wildman–Crippen LogP) is 1.45. The highest BCUT2D eigenvalue weighted by atomic mass is 16.7. The van der Waals surface area contributed by atoms with Crippen molar-refractivity contribution in [3.05, 3.63) is 41.9 Å². The van der Waals surface area contributed by atoms with Gasteiger partial charge in [0.05, 0.1) is 18.2 Å². The van der Waals surface area contributed by atoms with Crippen molar-refractivity contribution in [3.63, 3.8) is 0 Å².